The smallest absolute Gasteiger partial charge is 0.326 e. The van der Waals surface area contributed by atoms with Gasteiger partial charge in [-0.2, -0.15) is 11.8 Å². The molecule has 7 nitrogen and oxygen atoms in total. The Morgan fingerprint density at radius 1 is 1.38 bits per heavy atom. The summed E-state index contributed by atoms with van der Waals surface area (Å²) >= 11 is 2.83. The third-order valence-corrected chi connectivity index (χ3v) is 3.99. The Bertz CT molecular complexity index is 479. The van der Waals surface area contributed by atoms with Gasteiger partial charge in [0.2, 0.25) is 5.13 Å². The number of nitrogens with zero attached hydrogens (tertiary/aromatic N) is 2. The van der Waals surface area contributed by atoms with Crippen molar-refractivity contribution in [2.75, 3.05) is 17.3 Å². The Morgan fingerprint density at radius 3 is 2.67 bits per heavy atom. The van der Waals surface area contributed by atoms with Crippen LogP contribution in [-0.2, 0) is 11.2 Å². The number of carboxylic acid groups (broad SMARTS) is 1. The minimum Gasteiger partial charge on any atom is -0.480 e. The van der Waals surface area contributed by atoms with Crippen LogP contribution in [0.4, 0.5) is 9.93 Å². The van der Waals surface area contributed by atoms with Gasteiger partial charge in [0.1, 0.15) is 11.0 Å². The van der Waals surface area contributed by atoms with Crippen molar-refractivity contribution in [3.63, 3.8) is 0 Å². The number of hydrogen-bond donors (Lipinski definition) is 3. The fraction of sp³-hybridized carbons (Fsp3) is 0.667. The van der Waals surface area contributed by atoms with Gasteiger partial charge >= 0.3 is 12.0 Å². The summed E-state index contributed by atoms with van der Waals surface area (Å²) in [5.41, 5.74) is 0. The maximum Gasteiger partial charge on any atom is 0.326 e. The van der Waals surface area contributed by atoms with Crippen molar-refractivity contribution in [3.8, 4) is 0 Å². The molecule has 0 unspecified atom stereocenters. The predicted molar refractivity (Wildman–Crippen MR) is 85.0 cm³/mol. The van der Waals surface area contributed by atoms with Crippen molar-refractivity contribution < 1.29 is 14.7 Å². The molecule has 1 atom stereocenters. The molecule has 0 saturated carbocycles. The first-order valence-corrected chi connectivity index (χ1v) is 8.75. The van der Waals surface area contributed by atoms with E-state index in [1.165, 1.54) is 23.1 Å². The van der Waals surface area contributed by atoms with Gasteiger partial charge in [-0.1, -0.05) is 25.2 Å². The summed E-state index contributed by atoms with van der Waals surface area (Å²) in [7, 11) is 0. The number of rotatable bonds is 8. The molecule has 3 N–H and O–H groups in total. The average molecular weight is 332 g/mol. The summed E-state index contributed by atoms with van der Waals surface area (Å²) in [5.74, 6) is 0.0775. The highest BCUT2D eigenvalue weighted by Crippen LogP contribution is 2.18. The van der Waals surface area contributed by atoms with E-state index >= 15 is 0 Å². The lowest BCUT2D eigenvalue weighted by atomic mass is 10.1. The second kappa shape index (κ2) is 8.83. The lowest BCUT2D eigenvalue weighted by molar-refractivity contribution is -0.139. The van der Waals surface area contributed by atoms with Gasteiger partial charge < -0.3 is 10.4 Å². The van der Waals surface area contributed by atoms with E-state index in [-0.39, 0.29) is 0 Å². The maximum atomic E-state index is 11.8. The van der Waals surface area contributed by atoms with E-state index in [1.54, 1.807) is 0 Å². The molecule has 1 rings (SSSR count). The molecule has 0 fully saturated rings. The molecular weight excluding hydrogens is 312 g/mol. The molecular formula is C12H20N4O3S2. The summed E-state index contributed by atoms with van der Waals surface area (Å²) in [4.78, 5) is 22.8. The highest BCUT2D eigenvalue weighted by Gasteiger charge is 2.20. The molecule has 0 bridgehead atoms. The maximum absolute atomic E-state index is 11.8. The number of urea groups is 1. The number of aliphatic carboxylic acids is 1. The van der Waals surface area contributed by atoms with Crippen molar-refractivity contribution in [1.82, 2.24) is 15.5 Å². The van der Waals surface area contributed by atoms with Crippen molar-refractivity contribution in [2.45, 2.75) is 32.7 Å². The van der Waals surface area contributed by atoms with Crippen molar-refractivity contribution in [2.24, 2.45) is 5.92 Å². The highest BCUT2D eigenvalue weighted by molar-refractivity contribution is 7.98. The third kappa shape index (κ3) is 6.76. The standard InChI is InChI=1S/C12H20N4O3S2/c1-7(2)6-9-15-16-12(21-9)14-11(19)13-8(10(17)18)4-5-20-3/h7-8H,4-6H2,1-3H3,(H,17,18)(H2,13,14,16,19)/t8-/m0/s1. The van der Waals surface area contributed by atoms with E-state index in [2.05, 4.69) is 34.7 Å². The Balaban J connectivity index is 2.51. The number of carbonyl (C=O) groups is 2. The van der Waals surface area contributed by atoms with Gasteiger partial charge in [0, 0.05) is 6.42 Å². The first kappa shape index (κ1) is 17.7. The SMILES string of the molecule is CSCC[C@H](NC(=O)Nc1nnc(CC(C)C)s1)C(=O)O. The van der Waals surface area contributed by atoms with E-state index in [0.717, 1.165) is 11.4 Å². The van der Waals surface area contributed by atoms with Crippen LogP contribution in [0.3, 0.4) is 0 Å². The topological polar surface area (TPSA) is 104 Å². The molecule has 9 heteroatoms. The molecule has 0 aliphatic heterocycles. The molecule has 2 amide bonds. The zero-order valence-corrected chi connectivity index (χ0v) is 13.9. The first-order valence-electron chi connectivity index (χ1n) is 6.54. The largest absolute Gasteiger partial charge is 0.480 e. The Hall–Kier alpha value is -1.35. The van der Waals surface area contributed by atoms with Crippen molar-refractivity contribution in [1.29, 1.82) is 0 Å². The number of nitrogens with one attached hydrogen (secondary N) is 2. The lowest BCUT2D eigenvalue weighted by Crippen LogP contribution is -2.43. The van der Waals surface area contributed by atoms with Gasteiger partial charge in [-0.15, -0.1) is 10.2 Å². The zero-order chi connectivity index (χ0) is 15.8. The van der Waals surface area contributed by atoms with Crippen LogP contribution in [0, 0.1) is 5.92 Å². The number of hydrogen-bond acceptors (Lipinski definition) is 6. The molecule has 0 aromatic carbocycles. The summed E-state index contributed by atoms with van der Waals surface area (Å²) in [5, 5.41) is 23.1. The minimum absolute atomic E-state index is 0.372. The molecule has 1 aromatic rings. The molecule has 0 aliphatic rings. The number of carboxylic acids is 1. The Kier molecular flexibility index (Phi) is 7.44. The van der Waals surface area contributed by atoms with Gasteiger partial charge in [0.05, 0.1) is 0 Å². The molecule has 0 aliphatic carbocycles. The second-order valence-electron chi connectivity index (χ2n) is 4.87. The van der Waals surface area contributed by atoms with E-state index in [1.807, 2.05) is 6.26 Å². The summed E-state index contributed by atoms with van der Waals surface area (Å²) in [6.07, 6.45) is 3.06. The van der Waals surface area contributed by atoms with Crippen molar-refractivity contribution in [3.05, 3.63) is 5.01 Å². The molecule has 21 heavy (non-hydrogen) atoms. The summed E-state index contributed by atoms with van der Waals surface area (Å²) < 4.78 is 0. The molecule has 1 aromatic heterocycles. The number of amides is 2. The second-order valence-corrected chi connectivity index (χ2v) is 6.92. The molecule has 0 spiro atoms. The molecule has 118 valence electrons. The molecule has 0 saturated heterocycles. The van der Waals surface area contributed by atoms with Crippen LogP contribution >= 0.6 is 23.1 Å². The fourth-order valence-corrected chi connectivity index (χ4v) is 2.94. The normalized spacial score (nSPS) is 12.2. The van der Waals surface area contributed by atoms with E-state index < -0.39 is 18.0 Å². The Morgan fingerprint density at radius 2 is 2.10 bits per heavy atom. The fourth-order valence-electron chi connectivity index (χ4n) is 1.52. The predicted octanol–water partition coefficient (Wildman–Crippen LogP) is 2.06. The van der Waals surface area contributed by atoms with Crippen LogP contribution < -0.4 is 10.6 Å². The minimum atomic E-state index is -1.04. The van der Waals surface area contributed by atoms with Gasteiger partial charge in [-0.05, 0) is 24.3 Å². The third-order valence-electron chi connectivity index (χ3n) is 2.48. The number of anilines is 1. The van der Waals surface area contributed by atoms with Crippen LogP contribution in [0.25, 0.3) is 0 Å². The van der Waals surface area contributed by atoms with Gasteiger partial charge in [0.25, 0.3) is 0 Å². The van der Waals surface area contributed by atoms with Crippen LogP contribution in [0.5, 0.6) is 0 Å². The summed E-state index contributed by atoms with van der Waals surface area (Å²) in [6.45, 7) is 4.15. The van der Waals surface area contributed by atoms with Gasteiger partial charge in [-0.25, -0.2) is 9.59 Å². The van der Waals surface area contributed by atoms with Crippen LogP contribution in [-0.4, -0.2) is 45.4 Å². The summed E-state index contributed by atoms with van der Waals surface area (Å²) in [6, 6.07) is -1.48. The van der Waals surface area contributed by atoms with E-state index in [0.29, 0.717) is 23.2 Å². The first-order chi connectivity index (χ1) is 9.92. The quantitative estimate of drug-likeness (QED) is 0.673. The Labute approximate surface area is 131 Å². The average Bonchev–Trinajstić information content (AvgIpc) is 2.80. The number of carbonyl (C=O) groups excluding carboxylic acids is 1. The van der Waals surface area contributed by atoms with Gasteiger partial charge in [0.15, 0.2) is 0 Å². The molecule has 1 heterocycles. The monoisotopic (exact) mass is 332 g/mol. The lowest BCUT2D eigenvalue weighted by Gasteiger charge is -2.13. The highest BCUT2D eigenvalue weighted by atomic mass is 32.2. The van der Waals surface area contributed by atoms with Crippen molar-refractivity contribution >= 4 is 40.2 Å². The number of aromatic nitrogens is 2. The zero-order valence-electron chi connectivity index (χ0n) is 12.3. The number of thioether (sulfide) groups is 1. The van der Waals surface area contributed by atoms with Gasteiger partial charge in [-0.3, -0.25) is 5.32 Å². The van der Waals surface area contributed by atoms with E-state index in [4.69, 9.17) is 5.11 Å². The van der Waals surface area contributed by atoms with Crippen LogP contribution in [0.15, 0.2) is 0 Å². The van der Waals surface area contributed by atoms with Crippen LogP contribution in [0.1, 0.15) is 25.3 Å². The van der Waals surface area contributed by atoms with Crippen LogP contribution in [0.2, 0.25) is 0 Å². The van der Waals surface area contributed by atoms with E-state index in [9.17, 15) is 9.59 Å². The molecule has 0 radical (unpaired) electrons.